The number of amides is 1. The third kappa shape index (κ3) is 5.03. The van der Waals surface area contributed by atoms with Crippen LogP contribution in [-0.2, 0) is 9.53 Å². The quantitative estimate of drug-likeness (QED) is 0.346. The fourth-order valence-electron chi connectivity index (χ4n) is 4.87. The first-order chi connectivity index (χ1) is 18.0. The smallest absolute Gasteiger partial charge is 0.290 e. The molecule has 8 heteroatoms. The normalized spacial score (nSPS) is 18.6. The molecule has 1 aromatic heterocycles. The summed E-state index contributed by atoms with van der Waals surface area (Å²) in [5.41, 5.74) is 2.27. The van der Waals surface area contributed by atoms with Crippen molar-refractivity contribution < 1.29 is 28.6 Å². The predicted molar refractivity (Wildman–Crippen MR) is 139 cm³/mol. The average molecular weight is 503 g/mol. The van der Waals surface area contributed by atoms with Gasteiger partial charge in [-0.15, -0.1) is 0 Å². The molecule has 1 atom stereocenters. The minimum absolute atomic E-state index is 0.00336. The van der Waals surface area contributed by atoms with Crippen LogP contribution in [-0.4, -0.2) is 72.6 Å². The number of morpholine rings is 1. The molecule has 2 aromatic carbocycles. The van der Waals surface area contributed by atoms with E-state index in [1.54, 1.807) is 35.2 Å². The van der Waals surface area contributed by atoms with Crippen molar-refractivity contribution in [2.75, 3.05) is 46.0 Å². The molecule has 0 saturated carbocycles. The van der Waals surface area contributed by atoms with Gasteiger partial charge in [-0.1, -0.05) is 36.4 Å². The summed E-state index contributed by atoms with van der Waals surface area (Å²) in [7, 11) is 0. The summed E-state index contributed by atoms with van der Waals surface area (Å²) in [6.45, 7) is 9.69. The summed E-state index contributed by atoms with van der Waals surface area (Å²) in [4.78, 5) is 30.9. The molecule has 1 amide bonds. The van der Waals surface area contributed by atoms with Crippen molar-refractivity contribution in [1.82, 2.24) is 9.80 Å². The van der Waals surface area contributed by atoms with E-state index in [1.807, 2.05) is 31.2 Å². The molecule has 5 rings (SSSR count). The molecule has 0 aliphatic carbocycles. The first-order valence-corrected chi connectivity index (χ1v) is 12.4. The number of aliphatic hydroxyl groups is 1. The van der Waals surface area contributed by atoms with Crippen LogP contribution in [0.5, 0.6) is 5.75 Å². The lowest BCUT2D eigenvalue weighted by Gasteiger charge is -2.31. The number of fused-ring (bicyclic) bond motifs is 1. The summed E-state index contributed by atoms with van der Waals surface area (Å²) in [5, 5.41) is 11.8. The lowest BCUT2D eigenvalue weighted by atomic mass is 9.94. The van der Waals surface area contributed by atoms with E-state index in [2.05, 4.69) is 11.5 Å². The Balaban J connectivity index is 1.51. The second-order valence-corrected chi connectivity index (χ2v) is 9.27. The molecular formula is C29H30N2O6. The Morgan fingerprint density at radius 2 is 1.97 bits per heavy atom. The molecule has 37 heavy (non-hydrogen) atoms. The predicted octanol–water partition coefficient (Wildman–Crippen LogP) is 4.22. The van der Waals surface area contributed by atoms with E-state index < -0.39 is 23.5 Å². The summed E-state index contributed by atoms with van der Waals surface area (Å²) in [5.74, 6) is -0.989. The van der Waals surface area contributed by atoms with Crippen LogP contribution in [0.3, 0.4) is 0 Å². The second-order valence-electron chi connectivity index (χ2n) is 9.27. The van der Waals surface area contributed by atoms with Crippen molar-refractivity contribution in [3.63, 3.8) is 0 Å². The largest absolute Gasteiger partial charge is 0.503 e. The number of benzene rings is 2. The number of hydrogen-bond acceptors (Lipinski definition) is 7. The van der Waals surface area contributed by atoms with Gasteiger partial charge in [0.05, 0.1) is 24.8 Å². The number of Topliss-reactive ketones (excluding diaryl/α,β-unsaturated/α-hetero) is 1. The second kappa shape index (κ2) is 10.6. The van der Waals surface area contributed by atoms with Crippen molar-refractivity contribution in [2.45, 2.75) is 13.0 Å². The van der Waals surface area contributed by atoms with Crippen LogP contribution in [0.4, 0.5) is 0 Å². The minimum Gasteiger partial charge on any atom is -0.503 e. The van der Waals surface area contributed by atoms with E-state index >= 15 is 0 Å². The molecule has 0 spiro atoms. The third-order valence-corrected chi connectivity index (χ3v) is 6.75. The van der Waals surface area contributed by atoms with Crippen LogP contribution in [0.2, 0.25) is 0 Å². The fourth-order valence-corrected chi connectivity index (χ4v) is 4.87. The summed E-state index contributed by atoms with van der Waals surface area (Å²) >= 11 is 0. The van der Waals surface area contributed by atoms with E-state index in [9.17, 15) is 14.7 Å². The molecule has 3 heterocycles. The number of carbonyl (C=O) groups excluding carboxylic acids is 2. The third-order valence-electron chi connectivity index (χ3n) is 6.75. The highest BCUT2D eigenvalue weighted by atomic mass is 16.5. The number of furan rings is 1. The molecule has 3 aromatic rings. The SMILES string of the molecule is C=CCOc1cccc(C2C(C(=O)c3cc4cc(C)ccc4o3)=C(O)C(=O)N2CCN2CCOCC2)c1. The lowest BCUT2D eigenvalue weighted by molar-refractivity contribution is -0.129. The number of nitrogens with zero attached hydrogens (tertiary/aromatic N) is 2. The standard InChI is InChI=1S/C29H30N2O6/c1-3-13-36-22-6-4-5-20(17-22)26-25(27(32)24-18-21-16-19(2)7-8-23(21)37-24)28(33)29(34)31(26)10-9-30-11-14-35-15-12-30/h3-8,16-18,26,33H,1,9-15H2,2H3. The van der Waals surface area contributed by atoms with Crippen LogP contribution < -0.4 is 4.74 Å². The summed E-state index contributed by atoms with van der Waals surface area (Å²) < 4.78 is 17.0. The first kappa shape index (κ1) is 24.8. The zero-order valence-electron chi connectivity index (χ0n) is 20.8. The molecular weight excluding hydrogens is 472 g/mol. The van der Waals surface area contributed by atoms with Gasteiger partial charge in [-0.3, -0.25) is 14.5 Å². The van der Waals surface area contributed by atoms with Gasteiger partial charge in [-0.05, 0) is 42.8 Å². The Hall–Kier alpha value is -3.88. The number of ketones is 1. The van der Waals surface area contributed by atoms with Crippen LogP contribution in [0.1, 0.15) is 27.7 Å². The van der Waals surface area contributed by atoms with Gasteiger partial charge in [0.2, 0.25) is 5.78 Å². The Morgan fingerprint density at radius 1 is 1.16 bits per heavy atom. The zero-order valence-corrected chi connectivity index (χ0v) is 20.8. The van der Waals surface area contributed by atoms with Crippen LogP contribution in [0, 0.1) is 6.92 Å². The van der Waals surface area contributed by atoms with E-state index in [0.717, 1.165) is 24.0 Å². The molecule has 0 bridgehead atoms. The first-order valence-electron chi connectivity index (χ1n) is 12.4. The maximum absolute atomic E-state index is 13.8. The topological polar surface area (TPSA) is 92.5 Å². The molecule has 1 fully saturated rings. The number of aliphatic hydroxyl groups excluding tert-OH is 1. The Kier molecular flexibility index (Phi) is 7.12. The Morgan fingerprint density at radius 3 is 2.76 bits per heavy atom. The van der Waals surface area contributed by atoms with Crippen molar-refractivity contribution in [3.05, 3.63) is 89.4 Å². The number of ether oxygens (including phenoxy) is 2. The van der Waals surface area contributed by atoms with Gasteiger partial charge in [-0.2, -0.15) is 0 Å². The van der Waals surface area contributed by atoms with Crippen molar-refractivity contribution >= 4 is 22.7 Å². The molecule has 0 radical (unpaired) electrons. The van der Waals surface area contributed by atoms with Crippen LogP contribution in [0.15, 0.2) is 76.9 Å². The van der Waals surface area contributed by atoms with Crippen LogP contribution in [0.25, 0.3) is 11.0 Å². The van der Waals surface area contributed by atoms with Crippen molar-refractivity contribution in [1.29, 1.82) is 0 Å². The van der Waals surface area contributed by atoms with E-state index in [4.69, 9.17) is 13.9 Å². The van der Waals surface area contributed by atoms with E-state index in [1.165, 1.54) is 0 Å². The van der Waals surface area contributed by atoms with Gasteiger partial charge in [0.15, 0.2) is 11.5 Å². The highest BCUT2D eigenvalue weighted by Crippen LogP contribution is 2.40. The number of carbonyl (C=O) groups is 2. The monoisotopic (exact) mass is 502 g/mol. The van der Waals surface area contributed by atoms with Gasteiger partial charge in [0.25, 0.3) is 5.91 Å². The maximum atomic E-state index is 13.8. The zero-order chi connectivity index (χ0) is 25.9. The van der Waals surface area contributed by atoms with Crippen molar-refractivity contribution in [2.24, 2.45) is 0 Å². The molecule has 192 valence electrons. The summed E-state index contributed by atoms with van der Waals surface area (Å²) in [6.07, 6.45) is 1.64. The molecule has 2 aliphatic rings. The average Bonchev–Trinajstić information content (AvgIpc) is 3.45. The maximum Gasteiger partial charge on any atom is 0.290 e. The van der Waals surface area contributed by atoms with Gasteiger partial charge in [-0.25, -0.2) is 0 Å². The van der Waals surface area contributed by atoms with E-state index in [0.29, 0.717) is 49.8 Å². The van der Waals surface area contributed by atoms with Gasteiger partial charge >= 0.3 is 0 Å². The number of hydrogen-bond donors (Lipinski definition) is 1. The molecule has 1 saturated heterocycles. The molecule has 2 aliphatic heterocycles. The van der Waals surface area contributed by atoms with Crippen LogP contribution >= 0.6 is 0 Å². The Bertz CT molecular complexity index is 1370. The molecule has 8 nitrogen and oxygen atoms in total. The van der Waals surface area contributed by atoms with Gasteiger partial charge in [0.1, 0.15) is 17.9 Å². The highest BCUT2D eigenvalue weighted by molar-refractivity contribution is 6.16. The summed E-state index contributed by atoms with van der Waals surface area (Å²) in [6, 6.07) is 13.7. The lowest BCUT2D eigenvalue weighted by Crippen LogP contribution is -2.43. The fraction of sp³-hybridized carbons (Fsp3) is 0.310. The highest BCUT2D eigenvalue weighted by Gasteiger charge is 2.44. The van der Waals surface area contributed by atoms with Gasteiger partial charge in [0, 0.05) is 31.6 Å². The van der Waals surface area contributed by atoms with Gasteiger partial charge < -0.3 is 23.9 Å². The number of rotatable bonds is 9. The van der Waals surface area contributed by atoms with Crippen molar-refractivity contribution in [3.8, 4) is 5.75 Å². The van der Waals surface area contributed by atoms with E-state index in [-0.39, 0.29) is 11.3 Å². The molecule has 1 N–H and O–H groups in total. The Labute approximate surface area is 215 Å². The molecule has 1 unspecified atom stereocenters. The minimum atomic E-state index is -0.789. The number of aryl methyl sites for hydroxylation is 1.